The number of ether oxygens (including phenoxy) is 3. The first-order chi connectivity index (χ1) is 14.8. The van der Waals surface area contributed by atoms with Gasteiger partial charge < -0.3 is 19.5 Å². The fourth-order valence-corrected chi connectivity index (χ4v) is 3.82. The van der Waals surface area contributed by atoms with Crippen LogP contribution < -0.4 is 19.5 Å². The van der Waals surface area contributed by atoms with Gasteiger partial charge in [-0.25, -0.2) is 0 Å². The zero-order chi connectivity index (χ0) is 22.0. The van der Waals surface area contributed by atoms with Crippen LogP contribution in [0.2, 0.25) is 0 Å². The van der Waals surface area contributed by atoms with Crippen molar-refractivity contribution in [2.45, 2.75) is 52.1 Å². The number of carbonyl (C=O) groups is 1. The van der Waals surface area contributed by atoms with Gasteiger partial charge >= 0.3 is 0 Å². The minimum atomic E-state index is -0.583. The Bertz CT molecular complexity index is 986. The molecular weight excluding hydrogens is 390 g/mol. The monoisotopic (exact) mass is 421 g/mol. The Kier molecular flexibility index (Phi) is 5.94. The average molecular weight is 422 g/mol. The molecule has 0 amide bonds. The van der Waals surface area contributed by atoms with Gasteiger partial charge in [0.05, 0.1) is 13.2 Å². The van der Waals surface area contributed by atoms with E-state index in [-0.39, 0.29) is 11.2 Å². The lowest BCUT2D eigenvalue weighted by Gasteiger charge is -2.23. The molecule has 0 aromatic heterocycles. The summed E-state index contributed by atoms with van der Waals surface area (Å²) in [7, 11) is 0. The molecule has 0 aliphatic carbocycles. The first-order valence-electron chi connectivity index (χ1n) is 11.0. The Morgan fingerprint density at radius 3 is 2.45 bits per heavy atom. The van der Waals surface area contributed by atoms with E-state index >= 15 is 0 Å². The summed E-state index contributed by atoms with van der Waals surface area (Å²) in [4.78, 5) is 12.9. The molecule has 2 aromatic carbocycles. The van der Waals surface area contributed by atoms with E-state index in [1.807, 2.05) is 24.3 Å². The molecule has 0 bridgehead atoms. The highest BCUT2D eigenvalue weighted by atomic mass is 16.5. The van der Waals surface area contributed by atoms with Gasteiger partial charge in [0, 0.05) is 30.3 Å². The number of benzene rings is 2. The molecule has 2 aliphatic rings. The van der Waals surface area contributed by atoms with Crippen LogP contribution in [0, 0.1) is 0 Å². The van der Waals surface area contributed by atoms with E-state index in [1.54, 1.807) is 13.0 Å². The maximum Gasteiger partial charge on any atom is 0.197 e. The lowest BCUT2D eigenvalue weighted by Crippen LogP contribution is -2.27. The van der Waals surface area contributed by atoms with Gasteiger partial charge in [0.2, 0.25) is 0 Å². The molecule has 5 nitrogen and oxygen atoms in total. The quantitative estimate of drug-likeness (QED) is 0.727. The molecule has 1 atom stereocenters. The molecule has 1 unspecified atom stereocenters. The van der Waals surface area contributed by atoms with Crippen LogP contribution in [0.15, 0.2) is 42.5 Å². The fraction of sp³-hybridized carbons (Fsp3) is 0.423. The van der Waals surface area contributed by atoms with Crippen molar-refractivity contribution in [3.63, 3.8) is 0 Å². The van der Waals surface area contributed by atoms with E-state index < -0.39 is 6.10 Å². The van der Waals surface area contributed by atoms with Crippen molar-refractivity contribution in [2.24, 2.45) is 0 Å². The molecule has 4 rings (SSSR count). The highest BCUT2D eigenvalue weighted by Gasteiger charge is 2.22. The van der Waals surface area contributed by atoms with Crippen molar-refractivity contribution in [3.8, 4) is 17.2 Å². The lowest BCUT2D eigenvalue weighted by molar-refractivity contribution is -0.120. The topological polar surface area (TPSA) is 56.8 Å². The first-order valence-corrected chi connectivity index (χ1v) is 11.0. The molecule has 5 heteroatoms. The Hall–Kier alpha value is -2.95. The van der Waals surface area contributed by atoms with Crippen LogP contribution in [0.4, 0.5) is 0 Å². The van der Waals surface area contributed by atoms with Crippen LogP contribution in [0.1, 0.15) is 50.8 Å². The van der Waals surface area contributed by atoms with E-state index in [9.17, 15) is 4.79 Å². The average Bonchev–Trinajstić information content (AvgIpc) is 2.97. The summed E-state index contributed by atoms with van der Waals surface area (Å²) in [5.41, 5.74) is 4.27. The fourth-order valence-electron chi connectivity index (χ4n) is 3.82. The van der Waals surface area contributed by atoms with Gasteiger partial charge in [0.25, 0.3) is 0 Å². The van der Waals surface area contributed by atoms with Crippen molar-refractivity contribution < 1.29 is 19.0 Å². The zero-order valence-electron chi connectivity index (χ0n) is 18.8. The Morgan fingerprint density at radius 2 is 1.77 bits per heavy atom. The van der Waals surface area contributed by atoms with Gasteiger partial charge in [0.1, 0.15) is 5.75 Å². The van der Waals surface area contributed by atoms with E-state index in [4.69, 9.17) is 14.2 Å². The first kappa shape index (κ1) is 21.3. The van der Waals surface area contributed by atoms with Crippen LogP contribution in [0.25, 0.3) is 5.70 Å². The molecule has 2 aliphatic heterocycles. The number of ketones is 1. The van der Waals surface area contributed by atoms with Gasteiger partial charge in [-0.2, -0.15) is 0 Å². The molecule has 1 N–H and O–H groups in total. The smallest absolute Gasteiger partial charge is 0.197 e. The van der Waals surface area contributed by atoms with Gasteiger partial charge in [-0.3, -0.25) is 4.79 Å². The molecular formula is C26H31NO4. The molecule has 0 radical (unpaired) electrons. The number of rotatable bonds is 4. The van der Waals surface area contributed by atoms with Crippen molar-refractivity contribution in [2.75, 3.05) is 19.8 Å². The molecule has 2 aromatic rings. The number of fused-ring (bicyclic) bond motifs is 2. The van der Waals surface area contributed by atoms with Crippen molar-refractivity contribution in [1.29, 1.82) is 0 Å². The Balaban J connectivity index is 1.51. The maximum atomic E-state index is 12.9. The van der Waals surface area contributed by atoms with Gasteiger partial charge in [-0.1, -0.05) is 32.9 Å². The summed E-state index contributed by atoms with van der Waals surface area (Å²) in [5, 5.41) is 3.36. The standard InChI is InChI=1S/C26H31NO4/c1-17(31-20-8-6-19(7-9-20)26(2,3)4)23(28)16-22-21-15-25-24(29-12-5-13-30-25)14-18(21)10-11-27-22/h6-9,14-17,27H,5,10-13H2,1-4H3. The molecule has 31 heavy (non-hydrogen) atoms. The van der Waals surface area contributed by atoms with Crippen molar-refractivity contribution in [1.82, 2.24) is 5.32 Å². The predicted octanol–water partition coefficient (Wildman–Crippen LogP) is 4.67. The minimum absolute atomic E-state index is 0.0807. The molecule has 0 fully saturated rings. The van der Waals surface area contributed by atoms with Crippen molar-refractivity contribution >= 4 is 11.5 Å². The summed E-state index contributed by atoms with van der Waals surface area (Å²) in [6.07, 6.45) is 2.81. The van der Waals surface area contributed by atoms with E-state index in [2.05, 4.69) is 38.2 Å². The summed E-state index contributed by atoms with van der Waals surface area (Å²) in [6, 6.07) is 12.0. The molecule has 0 saturated heterocycles. The second-order valence-electron chi connectivity index (χ2n) is 9.18. The number of nitrogens with one attached hydrogen (secondary N) is 1. The summed E-state index contributed by atoms with van der Waals surface area (Å²) < 4.78 is 17.6. The lowest BCUT2D eigenvalue weighted by atomic mass is 9.87. The maximum absolute atomic E-state index is 12.9. The second-order valence-corrected chi connectivity index (χ2v) is 9.18. The third-order valence-corrected chi connectivity index (χ3v) is 5.69. The molecule has 0 saturated carbocycles. The van der Waals surface area contributed by atoms with Crippen LogP contribution >= 0.6 is 0 Å². The Morgan fingerprint density at radius 1 is 1.10 bits per heavy atom. The van der Waals surface area contributed by atoms with Gasteiger partial charge in [-0.15, -0.1) is 0 Å². The third kappa shape index (κ3) is 4.87. The SMILES string of the molecule is CC(Oc1ccc(C(C)(C)C)cc1)C(=O)C=C1NCCc2cc3c(cc21)OCCCO3. The normalized spacial score (nSPS) is 17.9. The number of carbonyl (C=O) groups excluding carboxylic acids is 1. The number of hydrogen-bond donors (Lipinski definition) is 1. The highest BCUT2D eigenvalue weighted by molar-refractivity contribution is 6.00. The van der Waals surface area contributed by atoms with Crippen LogP contribution in [-0.2, 0) is 16.6 Å². The third-order valence-electron chi connectivity index (χ3n) is 5.69. The van der Waals surface area contributed by atoms with Crippen LogP contribution in [0.3, 0.4) is 0 Å². The van der Waals surface area contributed by atoms with Crippen LogP contribution in [-0.4, -0.2) is 31.6 Å². The highest BCUT2D eigenvalue weighted by Crippen LogP contribution is 2.36. The van der Waals surface area contributed by atoms with E-state index in [1.165, 1.54) is 5.56 Å². The summed E-state index contributed by atoms with van der Waals surface area (Å²) in [6.45, 7) is 10.4. The second kappa shape index (κ2) is 8.66. The minimum Gasteiger partial charge on any atom is -0.490 e. The van der Waals surface area contributed by atoms with E-state index in [0.717, 1.165) is 47.7 Å². The molecule has 2 heterocycles. The zero-order valence-corrected chi connectivity index (χ0v) is 18.8. The Labute approximate surface area is 184 Å². The van der Waals surface area contributed by atoms with E-state index in [0.29, 0.717) is 19.0 Å². The summed E-state index contributed by atoms with van der Waals surface area (Å²) >= 11 is 0. The largest absolute Gasteiger partial charge is 0.490 e. The van der Waals surface area contributed by atoms with Gasteiger partial charge in [0.15, 0.2) is 23.4 Å². The van der Waals surface area contributed by atoms with Crippen molar-refractivity contribution in [3.05, 3.63) is 59.2 Å². The molecule has 164 valence electrons. The number of hydrogen-bond acceptors (Lipinski definition) is 5. The van der Waals surface area contributed by atoms with Crippen LogP contribution in [0.5, 0.6) is 17.2 Å². The molecule has 0 spiro atoms. The predicted molar refractivity (Wildman–Crippen MR) is 122 cm³/mol. The van der Waals surface area contributed by atoms with Gasteiger partial charge in [-0.05, 0) is 54.2 Å². The summed E-state index contributed by atoms with van der Waals surface area (Å²) in [5.74, 6) is 2.14.